The number of anilines is 2. The van der Waals surface area contributed by atoms with Crippen LogP contribution >= 0.6 is 0 Å². The van der Waals surface area contributed by atoms with E-state index in [4.69, 9.17) is 0 Å². The van der Waals surface area contributed by atoms with E-state index < -0.39 is 0 Å². The average Bonchev–Trinajstić information content (AvgIpc) is 3.05. The largest absolute Gasteiger partial charge is 0.352 e. The summed E-state index contributed by atoms with van der Waals surface area (Å²) in [7, 11) is 0. The summed E-state index contributed by atoms with van der Waals surface area (Å²) in [6.45, 7) is 2.26. The summed E-state index contributed by atoms with van der Waals surface area (Å²) >= 11 is 0. The molecule has 0 radical (unpaired) electrons. The highest BCUT2D eigenvalue weighted by molar-refractivity contribution is 5.97. The molecule has 0 unspecified atom stereocenters. The second-order valence-electron chi connectivity index (χ2n) is 5.19. The van der Waals surface area contributed by atoms with E-state index in [1.807, 2.05) is 0 Å². The van der Waals surface area contributed by atoms with Crippen LogP contribution in [0.4, 0.5) is 16.4 Å². The van der Waals surface area contributed by atoms with Crippen molar-refractivity contribution >= 4 is 23.6 Å². The maximum absolute atomic E-state index is 12.1. The third-order valence-electron chi connectivity index (χ3n) is 3.56. The lowest BCUT2D eigenvalue weighted by atomic mass is 10.2. The van der Waals surface area contributed by atoms with E-state index in [2.05, 4.69) is 25.9 Å². The Bertz CT molecular complexity index is 704. The first kappa shape index (κ1) is 15.7. The van der Waals surface area contributed by atoms with E-state index in [0.29, 0.717) is 37.7 Å². The third kappa shape index (κ3) is 3.78. The van der Waals surface area contributed by atoms with Gasteiger partial charge in [-0.05, 0) is 30.3 Å². The molecule has 3 rings (SSSR count). The number of hydrogen-bond acceptors (Lipinski definition) is 5. The van der Waals surface area contributed by atoms with Gasteiger partial charge >= 0.3 is 6.03 Å². The first-order chi connectivity index (χ1) is 11.7. The molecule has 1 aromatic heterocycles. The molecular formula is C16H18N6O2. The van der Waals surface area contributed by atoms with Gasteiger partial charge in [-0.15, -0.1) is 0 Å². The highest BCUT2D eigenvalue weighted by atomic mass is 16.2. The molecule has 3 amide bonds. The van der Waals surface area contributed by atoms with Crippen molar-refractivity contribution in [3.8, 4) is 0 Å². The lowest BCUT2D eigenvalue weighted by Gasteiger charge is -2.14. The Morgan fingerprint density at radius 2 is 1.92 bits per heavy atom. The lowest BCUT2D eigenvalue weighted by Crippen LogP contribution is -2.29. The van der Waals surface area contributed by atoms with Crippen molar-refractivity contribution in [3.05, 3.63) is 48.3 Å². The molecule has 2 aromatic rings. The summed E-state index contributed by atoms with van der Waals surface area (Å²) in [5, 5.41) is 8.58. The number of rotatable bonds is 6. The summed E-state index contributed by atoms with van der Waals surface area (Å²) in [4.78, 5) is 33.4. The molecule has 1 fully saturated rings. The Morgan fingerprint density at radius 3 is 2.58 bits per heavy atom. The molecule has 2 heterocycles. The Morgan fingerprint density at radius 1 is 1.17 bits per heavy atom. The fourth-order valence-electron chi connectivity index (χ4n) is 2.35. The zero-order chi connectivity index (χ0) is 16.8. The van der Waals surface area contributed by atoms with Gasteiger partial charge in [-0.3, -0.25) is 9.69 Å². The SMILES string of the molecule is O=C(NCCNc1ncccn1)c1ccc(N2CCNC2=O)cc1. The van der Waals surface area contributed by atoms with Gasteiger partial charge in [-0.2, -0.15) is 0 Å². The fraction of sp³-hybridized carbons (Fsp3) is 0.250. The van der Waals surface area contributed by atoms with Crippen LogP contribution in [0.1, 0.15) is 10.4 Å². The summed E-state index contributed by atoms with van der Waals surface area (Å²) in [5.74, 6) is 0.364. The number of carbonyl (C=O) groups excluding carboxylic acids is 2. The molecular weight excluding hydrogens is 308 g/mol. The Kier molecular flexibility index (Phi) is 4.85. The number of amides is 3. The highest BCUT2D eigenvalue weighted by Crippen LogP contribution is 2.17. The zero-order valence-corrected chi connectivity index (χ0v) is 13.0. The maximum atomic E-state index is 12.1. The predicted octanol–water partition coefficient (Wildman–Crippen LogP) is 0.848. The molecule has 1 aliphatic rings. The van der Waals surface area contributed by atoms with Crippen molar-refractivity contribution in [2.75, 3.05) is 36.4 Å². The quantitative estimate of drug-likeness (QED) is 0.684. The Balaban J connectivity index is 1.47. The molecule has 1 aromatic carbocycles. The van der Waals surface area contributed by atoms with Gasteiger partial charge in [0.1, 0.15) is 0 Å². The molecule has 0 aliphatic carbocycles. The van der Waals surface area contributed by atoms with Crippen LogP contribution in [0.2, 0.25) is 0 Å². The van der Waals surface area contributed by atoms with E-state index in [0.717, 1.165) is 5.69 Å². The maximum Gasteiger partial charge on any atom is 0.321 e. The Hall–Kier alpha value is -3.16. The number of nitrogens with one attached hydrogen (secondary N) is 3. The second kappa shape index (κ2) is 7.40. The second-order valence-corrected chi connectivity index (χ2v) is 5.19. The van der Waals surface area contributed by atoms with Crippen LogP contribution in [0.25, 0.3) is 0 Å². The molecule has 0 atom stereocenters. The van der Waals surface area contributed by atoms with Gasteiger partial charge in [0.15, 0.2) is 0 Å². The standard InChI is InChI=1S/C16H18N6O2/c23-14(17-8-9-20-15-18-6-1-7-19-15)12-2-4-13(5-3-12)22-11-10-21-16(22)24/h1-7H,8-11H2,(H,17,23)(H,21,24)(H,18,19,20). The number of carbonyl (C=O) groups is 2. The highest BCUT2D eigenvalue weighted by Gasteiger charge is 2.21. The molecule has 8 heteroatoms. The van der Waals surface area contributed by atoms with Gasteiger partial charge in [0.05, 0.1) is 0 Å². The third-order valence-corrected chi connectivity index (χ3v) is 3.56. The Labute approximate surface area is 139 Å². The van der Waals surface area contributed by atoms with Crippen molar-refractivity contribution in [2.24, 2.45) is 0 Å². The minimum absolute atomic E-state index is 0.110. The minimum Gasteiger partial charge on any atom is -0.352 e. The summed E-state index contributed by atoms with van der Waals surface area (Å²) < 4.78 is 0. The van der Waals surface area contributed by atoms with Crippen molar-refractivity contribution in [1.29, 1.82) is 0 Å². The van der Waals surface area contributed by atoms with Gasteiger partial charge in [0.25, 0.3) is 5.91 Å². The summed E-state index contributed by atoms with van der Waals surface area (Å²) in [6, 6.07) is 8.60. The molecule has 8 nitrogen and oxygen atoms in total. The molecule has 124 valence electrons. The van der Waals surface area contributed by atoms with Gasteiger partial charge in [0, 0.05) is 49.8 Å². The van der Waals surface area contributed by atoms with E-state index in [1.54, 1.807) is 47.6 Å². The molecule has 1 saturated heterocycles. The molecule has 0 bridgehead atoms. The van der Waals surface area contributed by atoms with Crippen LogP contribution in [-0.2, 0) is 0 Å². The van der Waals surface area contributed by atoms with E-state index in [1.165, 1.54) is 0 Å². The number of benzene rings is 1. The normalized spacial score (nSPS) is 13.5. The molecule has 1 aliphatic heterocycles. The summed E-state index contributed by atoms with van der Waals surface area (Å²) in [6.07, 6.45) is 3.30. The molecule has 3 N–H and O–H groups in total. The monoisotopic (exact) mass is 326 g/mol. The van der Waals surface area contributed by atoms with Crippen molar-refractivity contribution in [3.63, 3.8) is 0 Å². The predicted molar refractivity (Wildman–Crippen MR) is 90.0 cm³/mol. The van der Waals surface area contributed by atoms with Crippen molar-refractivity contribution in [2.45, 2.75) is 0 Å². The molecule has 24 heavy (non-hydrogen) atoms. The lowest BCUT2D eigenvalue weighted by molar-refractivity contribution is 0.0955. The van der Waals surface area contributed by atoms with Crippen LogP contribution < -0.4 is 20.9 Å². The average molecular weight is 326 g/mol. The van der Waals surface area contributed by atoms with Gasteiger partial charge in [0.2, 0.25) is 5.95 Å². The summed E-state index contributed by atoms with van der Waals surface area (Å²) in [5.41, 5.74) is 1.33. The van der Waals surface area contributed by atoms with Crippen LogP contribution in [-0.4, -0.2) is 48.1 Å². The van der Waals surface area contributed by atoms with E-state index in [9.17, 15) is 9.59 Å². The van der Waals surface area contributed by atoms with Crippen LogP contribution in [0.3, 0.4) is 0 Å². The number of urea groups is 1. The first-order valence-electron chi connectivity index (χ1n) is 7.68. The van der Waals surface area contributed by atoms with E-state index >= 15 is 0 Å². The van der Waals surface area contributed by atoms with Crippen molar-refractivity contribution in [1.82, 2.24) is 20.6 Å². The van der Waals surface area contributed by atoms with E-state index in [-0.39, 0.29) is 11.9 Å². The number of nitrogens with zero attached hydrogens (tertiary/aromatic N) is 3. The van der Waals surface area contributed by atoms with Crippen LogP contribution in [0, 0.1) is 0 Å². The molecule has 0 spiro atoms. The number of hydrogen-bond donors (Lipinski definition) is 3. The molecule has 0 saturated carbocycles. The van der Waals surface area contributed by atoms with Crippen LogP contribution in [0.15, 0.2) is 42.7 Å². The van der Waals surface area contributed by atoms with Crippen LogP contribution in [0.5, 0.6) is 0 Å². The fourth-order valence-corrected chi connectivity index (χ4v) is 2.35. The van der Waals surface area contributed by atoms with Crippen molar-refractivity contribution < 1.29 is 9.59 Å². The minimum atomic E-state index is -0.164. The van der Waals surface area contributed by atoms with Gasteiger partial charge < -0.3 is 16.0 Å². The zero-order valence-electron chi connectivity index (χ0n) is 13.0. The smallest absolute Gasteiger partial charge is 0.321 e. The first-order valence-corrected chi connectivity index (χ1v) is 7.68. The number of aromatic nitrogens is 2. The van der Waals surface area contributed by atoms with Gasteiger partial charge in [-0.1, -0.05) is 0 Å². The van der Waals surface area contributed by atoms with Gasteiger partial charge in [-0.25, -0.2) is 14.8 Å². The topological polar surface area (TPSA) is 99.2 Å².